The van der Waals surface area contributed by atoms with Crippen LogP contribution in [0.15, 0.2) is 30.3 Å². The summed E-state index contributed by atoms with van der Waals surface area (Å²) < 4.78 is 19.4. The molecule has 1 atom stereocenters. The molecule has 2 rings (SSSR count). The van der Waals surface area contributed by atoms with Gasteiger partial charge in [0, 0.05) is 5.56 Å². The lowest BCUT2D eigenvalue weighted by atomic mass is 10.1. The quantitative estimate of drug-likeness (QED) is 0.868. The number of hydrogen-bond donors (Lipinski definition) is 1. The van der Waals surface area contributed by atoms with E-state index in [0.717, 1.165) is 5.56 Å². The van der Waals surface area contributed by atoms with Crippen LogP contribution in [0.25, 0.3) is 0 Å². The Kier molecular flexibility index (Phi) is 4.31. The average molecular weight is 295 g/mol. The number of ether oxygens (including phenoxy) is 1. The third kappa shape index (κ3) is 3.11. The van der Waals surface area contributed by atoms with Crippen LogP contribution >= 0.6 is 11.6 Å². The molecule has 1 N–H and O–H groups in total. The first-order valence-corrected chi connectivity index (χ1v) is 6.68. The Morgan fingerprint density at radius 3 is 2.50 bits per heavy atom. The van der Waals surface area contributed by atoms with Gasteiger partial charge in [0.25, 0.3) is 0 Å². The summed E-state index contributed by atoms with van der Waals surface area (Å²) in [6.07, 6.45) is -0.830. The molecule has 0 aliphatic heterocycles. The van der Waals surface area contributed by atoms with Gasteiger partial charge in [-0.3, -0.25) is 0 Å². The van der Waals surface area contributed by atoms with Crippen LogP contribution in [0, 0.1) is 19.7 Å². The number of halogens is 2. The Labute approximate surface area is 122 Å². The molecule has 0 amide bonds. The summed E-state index contributed by atoms with van der Waals surface area (Å²) in [4.78, 5) is 0. The molecule has 2 aromatic carbocycles. The lowest BCUT2D eigenvalue weighted by Gasteiger charge is -2.15. The predicted octanol–water partition coefficient (Wildman–Crippen LogP) is 4.94. The fourth-order valence-corrected chi connectivity index (χ4v) is 2.05. The standard InChI is InChI=1S/C16H16ClFO2/c1-9-4-5-13(17)16(6-9)20-15-7-10(2)14(18)8-12(15)11(3)19/h4-8,11,19H,1-3H3/t11-/m0/s1. The van der Waals surface area contributed by atoms with Crippen molar-refractivity contribution in [3.63, 3.8) is 0 Å². The maximum atomic E-state index is 13.6. The third-order valence-electron chi connectivity index (χ3n) is 3.05. The molecule has 0 radical (unpaired) electrons. The van der Waals surface area contributed by atoms with Crippen LogP contribution in [0.1, 0.15) is 29.7 Å². The fraction of sp³-hybridized carbons (Fsp3) is 0.250. The van der Waals surface area contributed by atoms with Crippen LogP contribution in [0.2, 0.25) is 5.02 Å². The minimum Gasteiger partial charge on any atom is -0.455 e. The van der Waals surface area contributed by atoms with E-state index in [1.807, 2.05) is 13.0 Å². The van der Waals surface area contributed by atoms with E-state index in [1.165, 1.54) is 6.07 Å². The van der Waals surface area contributed by atoms with E-state index in [0.29, 0.717) is 27.6 Å². The molecule has 0 unspecified atom stereocenters. The van der Waals surface area contributed by atoms with E-state index in [-0.39, 0.29) is 5.82 Å². The molecule has 0 spiro atoms. The number of aliphatic hydroxyl groups is 1. The van der Waals surface area contributed by atoms with Crippen molar-refractivity contribution in [2.24, 2.45) is 0 Å². The van der Waals surface area contributed by atoms with Crippen molar-refractivity contribution in [2.45, 2.75) is 26.9 Å². The van der Waals surface area contributed by atoms with Gasteiger partial charge in [0.15, 0.2) is 0 Å². The van der Waals surface area contributed by atoms with Crippen LogP contribution in [-0.2, 0) is 0 Å². The summed E-state index contributed by atoms with van der Waals surface area (Å²) in [5, 5.41) is 10.2. The van der Waals surface area contributed by atoms with Gasteiger partial charge in [0.05, 0.1) is 11.1 Å². The van der Waals surface area contributed by atoms with Crippen molar-refractivity contribution >= 4 is 11.6 Å². The minimum absolute atomic E-state index is 0.372. The first-order valence-electron chi connectivity index (χ1n) is 6.30. The monoisotopic (exact) mass is 294 g/mol. The predicted molar refractivity (Wildman–Crippen MR) is 78.0 cm³/mol. The number of aryl methyl sites for hydroxylation is 2. The van der Waals surface area contributed by atoms with E-state index in [9.17, 15) is 9.50 Å². The second kappa shape index (κ2) is 5.81. The number of rotatable bonds is 3. The van der Waals surface area contributed by atoms with Crippen molar-refractivity contribution < 1.29 is 14.2 Å². The van der Waals surface area contributed by atoms with Gasteiger partial charge in [0.2, 0.25) is 0 Å². The Bertz CT molecular complexity index is 639. The largest absolute Gasteiger partial charge is 0.455 e. The third-order valence-corrected chi connectivity index (χ3v) is 3.36. The molecule has 2 nitrogen and oxygen atoms in total. The van der Waals surface area contributed by atoms with Crippen LogP contribution in [0.5, 0.6) is 11.5 Å². The molecular weight excluding hydrogens is 279 g/mol. The van der Waals surface area contributed by atoms with Crippen molar-refractivity contribution in [3.05, 3.63) is 57.9 Å². The second-order valence-electron chi connectivity index (χ2n) is 4.85. The van der Waals surface area contributed by atoms with Crippen molar-refractivity contribution in [1.82, 2.24) is 0 Å². The van der Waals surface area contributed by atoms with Gasteiger partial charge in [-0.05, 0) is 56.2 Å². The van der Waals surface area contributed by atoms with Gasteiger partial charge in [-0.15, -0.1) is 0 Å². The molecule has 0 fully saturated rings. The van der Waals surface area contributed by atoms with E-state index >= 15 is 0 Å². The smallest absolute Gasteiger partial charge is 0.146 e. The highest BCUT2D eigenvalue weighted by molar-refractivity contribution is 6.32. The Hall–Kier alpha value is -1.58. The molecule has 0 saturated heterocycles. The molecule has 0 aliphatic carbocycles. The molecule has 4 heteroatoms. The topological polar surface area (TPSA) is 29.5 Å². The Balaban J connectivity index is 2.47. The summed E-state index contributed by atoms with van der Waals surface area (Å²) in [6, 6.07) is 8.27. The molecule has 20 heavy (non-hydrogen) atoms. The molecule has 0 aromatic heterocycles. The normalized spacial score (nSPS) is 12.3. The SMILES string of the molecule is Cc1ccc(Cl)c(Oc2cc(C)c(F)cc2[C@H](C)O)c1. The summed E-state index contributed by atoms with van der Waals surface area (Å²) in [5.41, 5.74) is 1.85. The van der Waals surface area contributed by atoms with Gasteiger partial charge in [-0.25, -0.2) is 4.39 Å². The van der Waals surface area contributed by atoms with Crippen LogP contribution in [0.3, 0.4) is 0 Å². The summed E-state index contributed by atoms with van der Waals surface area (Å²) in [7, 11) is 0. The number of benzene rings is 2. The van der Waals surface area contributed by atoms with Crippen molar-refractivity contribution in [1.29, 1.82) is 0 Å². The first kappa shape index (κ1) is 14.8. The van der Waals surface area contributed by atoms with E-state index < -0.39 is 6.10 Å². The minimum atomic E-state index is -0.830. The Morgan fingerprint density at radius 1 is 1.15 bits per heavy atom. The molecule has 2 aromatic rings. The van der Waals surface area contributed by atoms with Crippen LogP contribution in [0.4, 0.5) is 4.39 Å². The molecule has 0 heterocycles. The lowest BCUT2D eigenvalue weighted by molar-refractivity contribution is 0.195. The zero-order valence-corrected chi connectivity index (χ0v) is 12.3. The zero-order valence-electron chi connectivity index (χ0n) is 11.6. The van der Waals surface area contributed by atoms with Gasteiger partial charge in [-0.1, -0.05) is 17.7 Å². The van der Waals surface area contributed by atoms with E-state index in [1.54, 1.807) is 32.0 Å². The number of aliphatic hydroxyl groups excluding tert-OH is 1. The van der Waals surface area contributed by atoms with Crippen molar-refractivity contribution in [2.75, 3.05) is 0 Å². The highest BCUT2D eigenvalue weighted by atomic mass is 35.5. The maximum Gasteiger partial charge on any atom is 0.146 e. The highest BCUT2D eigenvalue weighted by Crippen LogP contribution is 2.35. The maximum absolute atomic E-state index is 13.6. The van der Waals surface area contributed by atoms with Crippen LogP contribution < -0.4 is 4.74 Å². The average Bonchev–Trinajstić information content (AvgIpc) is 2.37. The van der Waals surface area contributed by atoms with Gasteiger partial charge >= 0.3 is 0 Å². The molecule has 0 bridgehead atoms. The van der Waals surface area contributed by atoms with Crippen molar-refractivity contribution in [3.8, 4) is 11.5 Å². The summed E-state index contributed by atoms with van der Waals surface area (Å²) in [5.74, 6) is 0.523. The molecular formula is C16H16ClFO2. The van der Waals surface area contributed by atoms with Crippen LogP contribution in [-0.4, -0.2) is 5.11 Å². The number of hydrogen-bond acceptors (Lipinski definition) is 2. The van der Waals surface area contributed by atoms with Gasteiger partial charge in [0.1, 0.15) is 17.3 Å². The zero-order chi connectivity index (χ0) is 14.9. The van der Waals surface area contributed by atoms with E-state index in [2.05, 4.69) is 0 Å². The second-order valence-corrected chi connectivity index (χ2v) is 5.26. The molecule has 0 aliphatic rings. The van der Waals surface area contributed by atoms with E-state index in [4.69, 9.17) is 16.3 Å². The lowest BCUT2D eigenvalue weighted by Crippen LogP contribution is -1.99. The van der Waals surface area contributed by atoms with Gasteiger partial charge in [-0.2, -0.15) is 0 Å². The highest BCUT2D eigenvalue weighted by Gasteiger charge is 2.15. The summed E-state index contributed by atoms with van der Waals surface area (Å²) in [6.45, 7) is 5.13. The Morgan fingerprint density at radius 2 is 1.85 bits per heavy atom. The fourth-order valence-electron chi connectivity index (χ4n) is 1.89. The summed E-state index contributed by atoms with van der Waals surface area (Å²) >= 11 is 6.09. The molecule has 0 saturated carbocycles. The molecule has 106 valence electrons. The van der Waals surface area contributed by atoms with Gasteiger partial charge < -0.3 is 9.84 Å². The first-order chi connectivity index (χ1) is 9.38.